The van der Waals surface area contributed by atoms with Crippen molar-refractivity contribution in [3.8, 4) is 0 Å². The second-order valence-electron chi connectivity index (χ2n) is 4.50. The Morgan fingerprint density at radius 3 is 2.85 bits per heavy atom. The lowest BCUT2D eigenvalue weighted by Gasteiger charge is -2.21. The van der Waals surface area contributed by atoms with E-state index in [1.54, 1.807) is 18.2 Å². The lowest BCUT2D eigenvalue weighted by molar-refractivity contribution is -0.134. The Kier molecular flexibility index (Phi) is 2.90. The molecule has 0 saturated carbocycles. The summed E-state index contributed by atoms with van der Waals surface area (Å²) in [6.07, 6.45) is 0.529. The number of hydrogen-bond acceptors (Lipinski definition) is 5. The summed E-state index contributed by atoms with van der Waals surface area (Å²) in [6.45, 7) is 0. The second-order valence-corrected chi connectivity index (χ2v) is 4.50. The summed E-state index contributed by atoms with van der Waals surface area (Å²) < 4.78 is 0. The van der Waals surface area contributed by atoms with Crippen molar-refractivity contribution in [2.45, 2.75) is 18.9 Å². The van der Waals surface area contributed by atoms with Gasteiger partial charge in [-0.05, 0) is 24.6 Å². The fourth-order valence-electron chi connectivity index (χ4n) is 2.05. The van der Waals surface area contributed by atoms with E-state index in [1.807, 2.05) is 0 Å². The maximum absolute atomic E-state index is 12.1. The summed E-state index contributed by atoms with van der Waals surface area (Å²) in [5.74, 6) is -1.17. The van der Waals surface area contributed by atoms with Crippen molar-refractivity contribution >= 4 is 28.8 Å². The summed E-state index contributed by atoms with van der Waals surface area (Å²) in [6, 6.07) is 4.16. The number of imide groups is 1. The van der Waals surface area contributed by atoms with E-state index >= 15 is 0 Å². The molecular formula is C12H11N5O3. The van der Waals surface area contributed by atoms with Gasteiger partial charge in [-0.3, -0.25) is 19.7 Å². The van der Waals surface area contributed by atoms with Gasteiger partial charge >= 0.3 is 0 Å². The maximum Gasteiger partial charge on any atom is 0.252 e. The standard InChI is InChI=1S/C12H11N5O3/c18-10-4-3-8(12(20)14-10)13-11(19)6-1-2-7-9(5-6)16-17-15-7/h1-2,5,8H,3-4H2,(H,13,19)(H,14,18,20)(H,15,16,17). The third kappa shape index (κ3) is 2.22. The molecule has 1 atom stereocenters. The first-order valence-corrected chi connectivity index (χ1v) is 6.08. The van der Waals surface area contributed by atoms with Crippen LogP contribution in [0.3, 0.4) is 0 Å². The summed E-state index contributed by atoms with van der Waals surface area (Å²) in [5, 5.41) is 15.0. The van der Waals surface area contributed by atoms with E-state index in [1.165, 1.54) is 0 Å². The molecule has 1 fully saturated rings. The minimum Gasteiger partial charge on any atom is -0.340 e. The van der Waals surface area contributed by atoms with Crippen LogP contribution < -0.4 is 10.6 Å². The molecule has 3 rings (SSSR count). The molecule has 1 aromatic carbocycles. The zero-order valence-corrected chi connectivity index (χ0v) is 10.3. The highest BCUT2D eigenvalue weighted by atomic mass is 16.2. The highest BCUT2D eigenvalue weighted by molar-refractivity contribution is 6.04. The van der Waals surface area contributed by atoms with Crippen LogP contribution in [0.15, 0.2) is 18.2 Å². The molecule has 102 valence electrons. The van der Waals surface area contributed by atoms with Crippen LogP contribution in [-0.2, 0) is 9.59 Å². The van der Waals surface area contributed by atoms with Crippen molar-refractivity contribution in [3.63, 3.8) is 0 Å². The molecule has 0 bridgehead atoms. The second kappa shape index (κ2) is 4.72. The summed E-state index contributed by atoms with van der Waals surface area (Å²) in [4.78, 5) is 34.7. The first-order valence-electron chi connectivity index (χ1n) is 6.08. The number of rotatable bonds is 2. The number of H-pyrrole nitrogens is 1. The zero-order valence-electron chi connectivity index (χ0n) is 10.3. The molecule has 8 nitrogen and oxygen atoms in total. The molecular weight excluding hydrogens is 262 g/mol. The highest BCUT2D eigenvalue weighted by Crippen LogP contribution is 2.11. The van der Waals surface area contributed by atoms with Crippen LogP contribution in [0.5, 0.6) is 0 Å². The number of fused-ring (bicyclic) bond motifs is 1. The van der Waals surface area contributed by atoms with E-state index in [0.29, 0.717) is 23.0 Å². The van der Waals surface area contributed by atoms with Crippen molar-refractivity contribution in [3.05, 3.63) is 23.8 Å². The van der Waals surface area contributed by atoms with E-state index in [-0.39, 0.29) is 18.2 Å². The Hall–Kier alpha value is -2.77. The van der Waals surface area contributed by atoms with Gasteiger partial charge in [0, 0.05) is 12.0 Å². The summed E-state index contributed by atoms with van der Waals surface area (Å²) in [7, 11) is 0. The average molecular weight is 273 g/mol. The Morgan fingerprint density at radius 2 is 2.05 bits per heavy atom. The number of aromatic amines is 1. The van der Waals surface area contributed by atoms with Gasteiger partial charge in [0.15, 0.2) is 0 Å². The molecule has 2 aromatic rings. The monoisotopic (exact) mass is 273 g/mol. The molecule has 1 aliphatic heterocycles. The highest BCUT2D eigenvalue weighted by Gasteiger charge is 2.28. The van der Waals surface area contributed by atoms with Crippen LogP contribution in [-0.4, -0.2) is 39.2 Å². The van der Waals surface area contributed by atoms with Gasteiger partial charge in [0.1, 0.15) is 17.1 Å². The van der Waals surface area contributed by atoms with Crippen molar-refractivity contribution < 1.29 is 14.4 Å². The van der Waals surface area contributed by atoms with E-state index in [4.69, 9.17) is 0 Å². The molecule has 0 aliphatic carbocycles. The molecule has 1 unspecified atom stereocenters. The number of benzene rings is 1. The zero-order chi connectivity index (χ0) is 14.1. The Labute approximate surface area is 112 Å². The van der Waals surface area contributed by atoms with Crippen LogP contribution in [0, 0.1) is 0 Å². The van der Waals surface area contributed by atoms with Gasteiger partial charge in [-0.1, -0.05) is 0 Å². The molecule has 1 saturated heterocycles. The number of carbonyl (C=O) groups is 3. The molecule has 1 aliphatic rings. The van der Waals surface area contributed by atoms with Gasteiger partial charge in [0.05, 0.1) is 0 Å². The fraction of sp³-hybridized carbons (Fsp3) is 0.250. The first kappa shape index (κ1) is 12.3. The Bertz CT molecular complexity index is 708. The van der Waals surface area contributed by atoms with E-state index < -0.39 is 11.9 Å². The predicted octanol–water partition coefficient (Wildman–Crippen LogP) is -0.507. The predicted molar refractivity (Wildman–Crippen MR) is 67.5 cm³/mol. The number of carbonyl (C=O) groups excluding carboxylic acids is 3. The minimum atomic E-state index is -0.687. The SMILES string of the molecule is O=C1CCC(NC(=O)c2ccc3n[nH]nc3c2)C(=O)N1. The van der Waals surface area contributed by atoms with Crippen LogP contribution in [0.4, 0.5) is 0 Å². The molecule has 2 heterocycles. The number of piperidine rings is 1. The first-order chi connectivity index (χ1) is 9.63. The normalized spacial score (nSPS) is 18.9. The van der Waals surface area contributed by atoms with Gasteiger partial charge in [0.25, 0.3) is 5.91 Å². The van der Waals surface area contributed by atoms with Gasteiger partial charge in [-0.2, -0.15) is 15.4 Å². The minimum absolute atomic E-state index is 0.221. The molecule has 1 aromatic heterocycles. The van der Waals surface area contributed by atoms with Gasteiger partial charge in [0.2, 0.25) is 11.8 Å². The topological polar surface area (TPSA) is 117 Å². The quantitative estimate of drug-likeness (QED) is 0.637. The molecule has 0 spiro atoms. The van der Waals surface area contributed by atoms with Crippen molar-refractivity contribution in [2.24, 2.45) is 0 Å². The van der Waals surface area contributed by atoms with Gasteiger partial charge in [-0.15, -0.1) is 0 Å². The van der Waals surface area contributed by atoms with Crippen molar-refractivity contribution in [2.75, 3.05) is 0 Å². The Morgan fingerprint density at radius 1 is 1.25 bits per heavy atom. The smallest absolute Gasteiger partial charge is 0.252 e. The third-order valence-corrected chi connectivity index (χ3v) is 3.12. The Balaban J connectivity index is 1.75. The van der Waals surface area contributed by atoms with E-state index in [9.17, 15) is 14.4 Å². The summed E-state index contributed by atoms with van der Waals surface area (Å²) >= 11 is 0. The average Bonchev–Trinajstić information content (AvgIpc) is 2.89. The maximum atomic E-state index is 12.1. The molecule has 8 heteroatoms. The molecule has 3 N–H and O–H groups in total. The van der Waals surface area contributed by atoms with Crippen LogP contribution in [0.1, 0.15) is 23.2 Å². The van der Waals surface area contributed by atoms with Gasteiger partial charge < -0.3 is 5.32 Å². The van der Waals surface area contributed by atoms with E-state index in [2.05, 4.69) is 26.0 Å². The van der Waals surface area contributed by atoms with Gasteiger partial charge in [-0.25, -0.2) is 0 Å². The largest absolute Gasteiger partial charge is 0.340 e. The lowest BCUT2D eigenvalue weighted by Crippen LogP contribution is -2.52. The van der Waals surface area contributed by atoms with E-state index in [0.717, 1.165) is 0 Å². The lowest BCUT2D eigenvalue weighted by atomic mass is 10.1. The van der Waals surface area contributed by atoms with Crippen molar-refractivity contribution in [1.82, 2.24) is 26.0 Å². The number of nitrogens with zero attached hydrogens (tertiary/aromatic N) is 2. The third-order valence-electron chi connectivity index (χ3n) is 3.12. The number of aromatic nitrogens is 3. The van der Waals surface area contributed by atoms with Crippen LogP contribution in [0.2, 0.25) is 0 Å². The molecule has 0 radical (unpaired) electrons. The van der Waals surface area contributed by atoms with Crippen molar-refractivity contribution in [1.29, 1.82) is 0 Å². The molecule has 3 amide bonds. The van der Waals surface area contributed by atoms with Crippen LogP contribution in [0.25, 0.3) is 11.0 Å². The number of nitrogens with one attached hydrogen (secondary N) is 3. The number of hydrogen-bond donors (Lipinski definition) is 3. The summed E-state index contributed by atoms with van der Waals surface area (Å²) in [5.41, 5.74) is 1.61. The number of amides is 3. The fourth-order valence-corrected chi connectivity index (χ4v) is 2.05. The van der Waals surface area contributed by atoms with Crippen LogP contribution >= 0.6 is 0 Å². The molecule has 20 heavy (non-hydrogen) atoms.